The highest BCUT2D eigenvalue weighted by Gasteiger charge is 2.26. The van der Waals surface area contributed by atoms with E-state index in [1.165, 1.54) is 0 Å². The summed E-state index contributed by atoms with van der Waals surface area (Å²) in [7, 11) is 0. The SMILES string of the molecule is CC.C[C@@H](CC#N)C(C)(C)OC=O. The Kier molecular flexibility index (Phi) is 8.47. The van der Waals surface area contributed by atoms with Crippen LogP contribution < -0.4 is 0 Å². The number of carbonyl (C=O) groups excluding carboxylic acids is 1. The number of nitrogens with zero attached hydrogens (tertiary/aromatic N) is 1. The van der Waals surface area contributed by atoms with Crippen molar-refractivity contribution in [3.8, 4) is 6.07 Å². The van der Waals surface area contributed by atoms with E-state index in [0.29, 0.717) is 12.9 Å². The molecular weight excluding hydrogens is 166 g/mol. The van der Waals surface area contributed by atoms with E-state index in [0.717, 1.165) is 0 Å². The lowest BCUT2D eigenvalue weighted by Gasteiger charge is -2.27. The normalized spacial score (nSPS) is 11.7. The van der Waals surface area contributed by atoms with Gasteiger partial charge in [0.05, 0.1) is 6.07 Å². The third-order valence-corrected chi connectivity index (χ3v) is 1.94. The molecule has 0 fully saturated rings. The maximum atomic E-state index is 10.0. The number of carbonyl (C=O) groups is 1. The van der Waals surface area contributed by atoms with E-state index in [2.05, 4.69) is 0 Å². The molecule has 0 N–H and O–H groups in total. The van der Waals surface area contributed by atoms with Crippen LogP contribution in [0.3, 0.4) is 0 Å². The zero-order valence-corrected chi connectivity index (χ0v) is 9.13. The molecule has 0 aromatic carbocycles. The molecule has 3 heteroatoms. The highest BCUT2D eigenvalue weighted by atomic mass is 16.5. The van der Waals surface area contributed by atoms with Crippen LogP contribution in [0.1, 0.15) is 41.0 Å². The van der Waals surface area contributed by atoms with Crippen molar-refractivity contribution in [2.24, 2.45) is 5.92 Å². The molecule has 0 heterocycles. The monoisotopic (exact) mass is 185 g/mol. The minimum Gasteiger partial charge on any atom is -0.462 e. The minimum atomic E-state index is -0.530. The summed E-state index contributed by atoms with van der Waals surface area (Å²) >= 11 is 0. The average Bonchev–Trinajstić information content (AvgIpc) is 2.08. The third kappa shape index (κ3) is 6.15. The van der Waals surface area contributed by atoms with Gasteiger partial charge in [0.15, 0.2) is 0 Å². The van der Waals surface area contributed by atoms with Crippen molar-refractivity contribution in [2.45, 2.75) is 46.6 Å². The summed E-state index contributed by atoms with van der Waals surface area (Å²) in [6.07, 6.45) is 0.404. The van der Waals surface area contributed by atoms with E-state index in [9.17, 15) is 4.79 Å². The zero-order chi connectivity index (χ0) is 10.9. The van der Waals surface area contributed by atoms with Crippen molar-refractivity contribution < 1.29 is 9.53 Å². The fourth-order valence-corrected chi connectivity index (χ4v) is 0.623. The summed E-state index contributed by atoms with van der Waals surface area (Å²) in [6.45, 7) is 9.90. The quantitative estimate of drug-likeness (QED) is 0.632. The Morgan fingerprint density at radius 2 is 2.00 bits per heavy atom. The van der Waals surface area contributed by atoms with Gasteiger partial charge in [-0.1, -0.05) is 20.8 Å². The van der Waals surface area contributed by atoms with Crippen molar-refractivity contribution in [3.05, 3.63) is 0 Å². The molecule has 0 aliphatic carbocycles. The number of ether oxygens (including phenoxy) is 1. The van der Waals surface area contributed by atoms with Gasteiger partial charge in [-0.25, -0.2) is 0 Å². The fourth-order valence-electron chi connectivity index (χ4n) is 0.623. The molecular formula is C10H19NO2. The van der Waals surface area contributed by atoms with Gasteiger partial charge < -0.3 is 4.74 Å². The molecule has 76 valence electrons. The predicted molar refractivity (Wildman–Crippen MR) is 52.0 cm³/mol. The molecule has 0 amide bonds. The van der Waals surface area contributed by atoms with Gasteiger partial charge in [-0.3, -0.25) is 4.79 Å². The van der Waals surface area contributed by atoms with Gasteiger partial charge in [0, 0.05) is 12.3 Å². The smallest absolute Gasteiger partial charge is 0.293 e. The zero-order valence-electron chi connectivity index (χ0n) is 9.13. The molecule has 0 aromatic rings. The fraction of sp³-hybridized carbons (Fsp3) is 0.800. The van der Waals surface area contributed by atoms with Gasteiger partial charge in [-0.15, -0.1) is 0 Å². The summed E-state index contributed by atoms with van der Waals surface area (Å²) in [5, 5.41) is 8.37. The first-order chi connectivity index (χ1) is 6.04. The molecule has 0 spiro atoms. The lowest BCUT2D eigenvalue weighted by atomic mass is 9.90. The van der Waals surface area contributed by atoms with Crippen molar-refractivity contribution in [1.82, 2.24) is 0 Å². The third-order valence-electron chi connectivity index (χ3n) is 1.94. The Bertz CT molecular complexity index is 170. The Labute approximate surface area is 80.7 Å². The van der Waals surface area contributed by atoms with Crippen LogP contribution in [-0.4, -0.2) is 12.1 Å². The molecule has 0 rings (SSSR count). The van der Waals surface area contributed by atoms with E-state index < -0.39 is 5.60 Å². The summed E-state index contributed by atoms with van der Waals surface area (Å²) in [5.41, 5.74) is -0.530. The van der Waals surface area contributed by atoms with Gasteiger partial charge in [-0.2, -0.15) is 5.26 Å². The first kappa shape index (κ1) is 14.5. The van der Waals surface area contributed by atoms with Crippen molar-refractivity contribution in [1.29, 1.82) is 5.26 Å². The first-order valence-electron chi connectivity index (χ1n) is 4.53. The van der Waals surface area contributed by atoms with Crippen LogP contribution >= 0.6 is 0 Å². The second kappa shape index (κ2) is 7.60. The van der Waals surface area contributed by atoms with E-state index >= 15 is 0 Å². The topological polar surface area (TPSA) is 50.1 Å². The summed E-state index contributed by atoms with van der Waals surface area (Å²) in [6, 6.07) is 2.04. The standard InChI is InChI=1S/C8H13NO2.C2H6/c1-7(4-5-9)8(2,3)11-6-10;1-2/h6-7H,4H2,1-3H3;1-2H3/t7-;/m0./s1. The van der Waals surface area contributed by atoms with Crippen molar-refractivity contribution >= 4 is 6.47 Å². The lowest BCUT2D eigenvalue weighted by molar-refractivity contribution is -0.144. The molecule has 0 aliphatic rings. The second-order valence-corrected chi connectivity index (χ2v) is 3.08. The van der Waals surface area contributed by atoms with Crippen LogP contribution in [0.15, 0.2) is 0 Å². The van der Waals surface area contributed by atoms with Crippen LogP contribution in [0.4, 0.5) is 0 Å². The second-order valence-electron chi connectivity index (χ2n) is 3.08. The predicted octanol–water partition coefficient (Wildman–Crippen LogP) is 2.51. The van der Waals surface area contributed by atoms with E-state index in [1.807, 2.05) is 26.8 Å². The van der Waals surface area contributed by atoms with Gasteiger partial charge in [0.1, 0.15) is 5.60 Å². The maximum Gasteiger partial charge on any atom is 0.293 e. The van der Waals surface area contributed by atoms with Crippen molar-refractivity contribution in [3.63, 3.8) is 0 Å². The summed E-state index contributed by atoms with van der Waals surface area (Å²) in [5.74, 6) is 0.0673. The Morgan fingerprint density at radius 3 is 2.31 bits per heavy atom. The van der Waals surface area contributed by atoms with Crippen LogP contribution in [0.25, 0.3) is 0 Å². The largest absolute Gasteiger partial charge is 0.462 e. The van der Waals surface area contributed by atoms with Gasteiger partial charge in [-0.05, 0) is 13.8 Å². The van der Waals surface area contributed by atoms with Crippen LogP contribution in [-0.2, 0) is 9.53 Å². The average molecular weight is 185 g/mol. The molecule has 13 heavy (non-hydrogen) atoms. The summed E-state index contributed by atoms with van der Waals surface area (Å²) in [4.78, 5) is 10.0. The van der Waals surface area contributed by atoms with Crippen LogP contribution in [0.5, 0.6) is 0 Å². The van der Waals surface area contributed by atoms with E-state index in [1.54, 1.807) is 13.8 Å². The maximum absolute atomic E-state index is 10.0. The highest BCUT2D eigenvalue weighted by molar-refractivity contribution is 5.38. The minimum absolute atomic E-state index is 0.0673. The Balaban J connectivity index is 0. The molecule has 0 unspecified atom stereocenters. The number of rotatable bonds is 4. The molecule has 3 nitrogen and oxygen atoms in total. The van der Waals surface area contributed by atoms with Gasteiger partial charge in [0.2, 0.25) is 0 Å². The molecule has 0 saturated heterocycles. The molecule has 0 aromatic heterocycles. The highest BCUT2D eigenvalue weighted by Crippen LogP contribution is 2.22. The molecule has 0 bridgehead atoms. The number of nitriles is 1. The van der Waals surface area contributed by atoms with Gasteiger partial charge >= 0.3 is 0 Å². The molecule has 1 atom stereocenters. The van der Waals surface area contributed by atoms with Gasteiger partial charge in [0.25, 0.3) is 6.47 Å². The van der Waals surface area contributed by atoms with E-state index in [4.69, 9.17) is 10.00 Å². The number of hydrogen-bond acceptors (Lipinski definition) is 3. The Morgan fingerprint density at radius 1 is 1.54 bits per heavy atom. The molecule has 0 radical (unpaired) electrons. The summed E-state index contributed by atoms with van der Waals surface area (Å²) < 4.78 is 4.81. The van der Waals surface area contributed by atoms with Crippen LogP contribution in [0.2, 0.25) is 0 Å². The lowest BCUT2D eigenvalue weighted by Crippen LogP contribution is -2.32. The van der Waals surface area contributed by atoms with E-state index in [-0.39, 0.29) is 5.92 Å². The van der Waals surface area contributed by atoms with Crippen molar-refractivity contribution in [2.75, 3.05) is 0 Å². The molecule has 0 aliphatic heterocycles. The van der Waals surface area contributed by atoms with Crippen LogP contribution in [0, 0.1) is 17.2 Å². The number of hydrogen-bond donors (Lipinski definition) is 0. The molecule has 0 saturated carbocycles. The Hall–Kier alpha value is -1.04. The first-order valence-corrected chi connectivity index (χ1v) is 4.53.